The number of carbonyl (C=O) groups is 1. The van der Waals surface area contributed by atoms with Crippen LogP contribution in [0.25, 0.3) is 17.0 Å². The highest BCUT2D eigenvalue weighted by Gasteiger charge is 2.08. The molecule has 0 spiro atoms. The van der Waals surface area contributed by atoms with E-state index in [0.29, 0.717) is 11.5 Å². The highest BCUT2D eigenvalue weighted by atomic mass is 19.1. The number of carbonyl (C=O) groups excluding carboxylic acids is 1. The lowest BCUT2D eigenvalue weighted by Gasteiger charge is -2.08. The summed E-state index contributed by atoms with van der Waals surface area (Å²) in [5.41, 5.74) is 2.39. The van der Waals surface area contributed by atoms with Crippen molar-refractivity contribution in [1.29, 1.82) is 0 Å². The summed E-state index contributed by atoms with van der Waals surface area (Å²) >= 11 is 0. The number of fused-ring (bicyclic) bond motifs is 1. The van der Waals surface area contributed by atoms with Gasteiger partial charge >= 0.3 is 6.03 Å². The molecule has 0 bridgehead atoms. The molecule has 0 aliphatic heterocycles. The van der Waals surface area contributed by atoms with Gasteiger partial charge in [0.25, 0.3) is 0 Å². The number of halogens is 1. The van der Waals surface area contributed by atoms with Gasteiger partial charge in [-0.15, -0.1) is 0 Å². The number of rotatable bonds is 3. The summed E-state index contributed by atoms with van der Waals surface area (Å²) in [6.45, 7) is 0. The molecule has 2 heterocycles. The lowest BCUT2D eigenvalue weighted by Crippen LogP contribution is -2.20. The Morgan fingerprint density at radius 2 is 1.81 bits per heavy atom. The second kappa shape index (κ2) is 6.64. The first-order chi connectivity index (χ1) is 12.7. The van der Waals surface area contributed by atoms with E-state index in [0.717, 1.165) is 11.3 Å². The number of nitrogens with zero attached hydrogens (tertiary/aromatic N) is 3. The average Bonchev–Trinajstić information content (AvgIpc) is 3.08. The Hall–Kier alpha value is -3.74. The monoisotopic (exact) mass is 347 g/mol. The maximum atomic E-state index is 13.6. The molecule has 2 amide bonds. The molecule has 128 valence electrons. The predicted molar refractivity (Wildman–Crippen MR) is 97.5 cm³/mol. The lowest BCUT2D eigenvalue weighted by molar-refractivity contribution is 0.262. The van der Waals surface area contributed by atoms with Crippen molar-refractivity contribution in [1.82, 2.24) is 14.4 Å². The molecule has 6 nitrogen and oxygen atoms in total. The van der Waals surface area contributed by atoms with Crippen molar-refractivity contribution in [2.24, 2.45) is 0 Å². The minimum Gasteiger partial charge on any atom is -0.308 e. The Labute approximate surface area is 148 Å². The standard InChI is InChI=1S/C19H14FN5O/c20-15-4-1-2-5-16(15)24-19(26)22-14-8-6-13(7-9-14)17-12-25-11-3-10-21-18(25)23-17/h1-12H,(H2,22,24,26). The fourth-order valence-electron chi connectivity index (χ4n) is 2.54. The summed E-state index contributed by atoms with van der Waals surface area (Å²) in [6, 6.07) is 14.5. The molecule has 2 aromatic heterocycles. The quantitative estimate of drug-likeness (QED) is 0.584. The maximum absolute atomic E-state index is 13.6. The third-order valence-electron chi connectivity index (χ3n) is 3.80. The number of nitrogens with one attached hydrogen (secondary N) is 2. The predicted octanol–water partition coefficient (Wildman–Crippen LogP) is 4.18. The SMILES string of the molecule is O=C(Nc1ccc(-c2cn3cccnc3n2)cc1)Nc1ccccc1F. The van der Waals surface area contributed by atoms with Crippen molar-refractivity contribution >= 4 is 23.2 Å². The molecule has 0 aliphatic carbocycles. The van der Waals surface area contributed by atoms with E-state index in [1.54, 1.807) is 30.5 Å². The van der Waals surface area contributed by atoms with Gasteiger partial charge < -0.3 is 10.6 Å². The second-order valence-electron chi connectivity index (χ2n) is 5.59. The van der Waals surface area contributed by atoms with Crippen molar-refractivity contribution in [3.63, 3.8) is 0 Å². The first kappa shape index (κ1) is 15.8. The molecule has 4 rings (SSSR count). The first-order valence-corrected chi connectivity index (χ1v) is 7.92. The molecule has 2 aromatic carbocycles. The van der Waals surface area contributed by atoms with Crippen molar-refractivity contribution in [3.8, 4) is 11.3 Å². The second-order valence-corrected chi connectivity index (χ2v) is 5.59. The van der Waals surface area contributed by atoms with Gasteiger partial charge in [-0.3, -0.25) is 4.40 Å². The van der Waals surface area contributed by atoms with Gasteiger partial charge in [-0.2, -0.15) is 0 Å². The number of imidazole rings is 1. The van der Waals surface area contributed by atoms with Crippen molar-refractivity contribution in [2.45, 2.75) is 0 Å². The molecule has 0 saturated carbocycles. The van der Waals surface area contributed by atoms with Crippen LogP contribution >= 0.6 is 0 Å². The smallest absolute Gasteiger partial charge is 0.308 e. The molecule has 7 heteroatoms. The summed E-state index contributed by atoms with van der Waals surface area (Å²) in [4.78, 5) is 20.6. The van der Waals surface area contributed by atoms with Gasteiger partial charge in [0, 0.05) is 29.8 Å². The van der Waals surface area contributed by atoms with E-state index in [1.165, 1.54) is 12.1 Å². The van der Waals surface area contributed by atoms with E-state index in [2.05, 4.69) is 20.6 Å². The summed E-state index contributed by atoms with van der Waals surface area (Å²) in [7, 11) is 0. The average molecular weight is 347 g/mol. The summed E-state index contributed by atoms with van der Waals surface area (Å²) in [5, 5.41) is 5.14. The van der Waals surface area contributed by atoms with Gasteiger partial charge in [0.1, 0.15) is 5.82 Å². The minimum absolute atomic E-state index is 0.124. The molecule has 2 N–H and O–H groups in total. The lowest BCUT2D eigenvalue weighted by atomic mass is 10.1. The number of para-hydroxylation sites is 1. The van der Waals surface area contributed by atoms with Crippen LogP contribution in [-0.2, 0) is 0 Å². The Balaban J connectivity index is 1.47. The van der Waals surface area contributed by atoms with Gasteiger partial charge in [0.05, 0.1) is 11.4 Å². The highest BCUT2D eigenvalue weighted by molar-refractivity contribution is 5.99. The van der Waals surface area contributed by atoms with Gasteiger partial charge in [-0.25, -0.2) is 19.2 Å². The molecule has 0 aliphatic rings. The normalized spacial score (nSPS) is 10.7. The van der Waals surface area contributed by atoms with E-state index >= 15 is 0 Å². The summed E-state index contributed by atoms with van der Waals surface area (Å²) < 4.78 is 15.4. The van der Waals surface area contributed by atoms with Crippen LogP contribution in [0.4, 0.5) is 20.6 Å². The Bertz CT molecular complexity index is 1040. The fraction of sp³-hybridized carbons (Fsp3) is 0. The van der Waals surface area contributed by atoms with Crippen LogP contribution in [0.1, 0.15) is 0 Å². The molecule has 0 fully saturated rings. The van der Waals surface area contributed by atoms with Gasteiger partial charge in [-0.05, 0) is 30.3 Å². The van der Waals surface area contributed by atoms with Crippen molar-refractivity contribution < 1.29 is 9.18 Å². The summed E-state index contributed by atoms with van der Waals surface area (Å²) in [6.07, 6.45) is 5.45. The highest BCUT2D eigenvalue weighted by Crippen LogP contribution is 2.21. The van der Waals surface area contributed by atoms with E-state index < -0.39 is 11.8 Å². The topological polar surface area (TPSA) is 71.3 Å². The molecule has 4 aromatic rings. The van der Waals surface area contributed by atoms with E-state index in [4.69, 9.17) is 0 Å². The van der Waals surface area contributed by atoms with Crippen LogP contribution in [0.5, 0.6) is 0 Å². The fourth-order valence-corrected chi connectivity index (χ4v) is 2.54. The van der Waals surface area contributed by atoms with Gasteiger partial charge in [0.15, 0.2) is 0 Å². The van der Waals surface area contributed by atoms with Gasteiger partial charge in [0.2, 0.25) is 5.78 Å². The molecular formula is C19H14FN5O. The molecular weight excluding hydrogens is 333 g/mol. The number of hydrogen-bond acceptors (Lipinski definition) is 3. The molecule has 0 radical (unpaired) electrons. The third kappa shape index (κ3) is 3.23. The Morgan fingerprint density at radius 3 is 2.58 bits per heavy atom. The molecule has 0 unspecified atom stereocenters. The largest absolute Gasteiger partial charge is 0.323 e. The van der Waals surface area contributed by atoms with Crippen molar-refractivity contribution in [3.05, 3.63) is 79.0 Å². The maximum Gasteiger partial charge on any atom is 0.323 e. The van der Waals surface area contributed by atoms with Crippen LogP contribution in [0.3, 0.4) is 0 Å². The third-order valence-corrected chi connectivity index (χ3v) is 3.80. The minimum atomic E-state index is -0.514. The Morgan fingerprint density at radius 1 is 1.00 bits per heavy atom. The Kier molecular flexibility index (Phi) is 4.03. The summed E-state index contributed by atoms with van der Waals surface area (Å²) in [5.74, 6) is 0.132. The number of benzene rings is 2. The van der Waals surface area contributed by atoms with Crippen LogP contribution in [0.2, 0.25) is 0 Å². The zero-order valence-corrected chi connectivity index (χ0v) is 13.6. The van der Waals surface area contributed by atoms with Crippen LogP contribution in [0.15, 0.2) is 73.2 Å². The van der Waals surface area contributed by atoms with Crippen LogP contribution in [-0.4, -0.2) is 20.4 Å². The number of amides is 2. The first-order valence-electron chi connectivity index (χ1n) is 7.92. The number of anilines is 2. The molecule has 26 heavy (non-hydrogen) atoms. The number of aromatic nitrogens is 3. The zero-order valence-electron chi connectivity index (χ0n) is 13.6. The number of urea groups is 1. The van der Waals surface area contributed by atoms with E-state index in [1.807, 2.05) is 35.0 Å². The molecule has 0 saturated heterocycles. The van der Waals surface area contributed by atoms with Crippen LogP contribution < -0.4 is 10.6 Å². The molecule has 0 atom stereocenters. The van der Waals surface area contributed by atoms with E-state index in [9.17, 15) is 9.18 Å². The van der Waals surface area contributed by atoms with Crippen LogP contribution in [0, 0.1) is 5.82 Å². The zero-order chi connectivity index (χ0) is 17.9. The number of hydrogen-bond donors (Lipinski definition) is 2. The van der Waals surface area contributed by atoms with Crippen molar-refractivity contribution in [2.75, 3.05) is 10.6 Å². The van der Waals surface area contributed by atoms with E-state index in [-0.39, 0.29) is 5.69 Å². The van der Waals surface area contributed by atoms with Gasteiger partial charge in [-0.1, -0.05) is 24.3 Å².